The van der Waals surface area contributed by atoms with Crippen molar-refractivity contribution in [3.8, 4) is 0 Å². The number of rotatable bonds is 3. The summed E-state index contributed by atoms with van der Waals surface area (Å²) in [5, 5.41) is 3.06. The molecule has 19 heavy (non-hydrogen) atoms. The molecule has 1 aromatic carbocycles. The molecule has 1 aliphatic heterocycles. The number of benzene rings is 1. The molecular formula is C14H17BrN2O2. The Kier molecular flexibility index (Phi) is 3.75. The van der Waals surface area contributed by atoms with Crippen LogP contribution in [0.25, 0.3) is 0 Å². The summed E-state index contributed by atoms with van der Waals surface area (Å²) in [7, 11) is 0. The molecule has 3 rings (SSSR count). The maximum atomic E-state index is 12.0. The first-order valence-electron chi connectivity index (χ1n) is 6.67. The van der Waals surface area contributed by atoms with Crippen LogP contribution in [-0.2, 0) is 9.53 Å². The fraction of sp³-hybridized carbons (Fsp3) is 0.500. The molecule has 1 amide bonds. The van der Waals surface area contributed by atoms with Gasteiger partial charge in [-0.05, 0) is 31.0 Å². The van der Waals surface area contributed by atoms with Crippen LogP contribution in [0.1, 0.15) is 12.8 Å². The van der Waals surface area contributed by atoms with Gasteiger partial charge >= 0.3 is 0 Å². The number of halogens is 1. The van der Waals surface area contributed by atoms with E-state index in [0.717, 1.165) is 55.0 Å². The minimum atomic E-state index is 0.146. The van der Waals surface area contributed by atoms with Crippen molar-refractivity contribution in [1.29, 1.82) is 0 Å². The van der Waals surface area contributed by atoms with E-state index in [4.69, 9.17) is 4.74 Å². The zero-order chi connectivity index (χ0) is 13.2. The number of amides is 1. The fourth-order valence-corrected chi connectivity index (χ4v) is 2.63. The largest absolute Gasteiger partial charge is 0.378 e. The van der Waals surface area contributed by atoms with Gasteiger partial charge in [-0.1, -0.05) is 15.9 Å². The van der Waals surface area contributed by atoms with E-state index in [1.54, 1.807) is 0 Å². The molecule has 4 nitrogen and oxygen atoms in total. The number of nitrogens with zero attached hydrogens (tertiary/aromatic N) is 1. The fourth-order valence-electron chi connectivity index (χ4n) is 2.27. The van der Waals surface area contributed by atoms with Crippen LogP contribution in [-0.4, -0.2) is 32.2 Å². The number of nitrogens with one attached hydrogen (secondary N) is 1. The second kappa shape index (κ2) is 5.51. The minimum absolute atomic E-state index is 0.146. The molecule has 5 heteroatoms. The van der Waals surface area contributed by atoms with E-state index in [1.807, 2.05) is 12.1 Å². The van der Waals surface area contributed by atoms with E-state index in [9.17, 15) is 4.79 Å². The van der Waals surface area contributed by atoms with Crippen molar-refractivity contribution >= 4 is 33.2 Å². The summed E-state index contributed by atoms with van der Waals surface area (Å²) < 4.78 is 6.36. The summed E-state index contributed by atoms with van der Waals surface area (Å²) in [5.41, 5.74) is 1.98. The van der Waals surface area contributed by atoms with Crippen LogP contribution in [0.2, 0.25) is 0 Å². The monoisotopic (exact) mass is 324 g/mol. The highest BCUT2D eigenvalue weighted by Gasteiger charge is 2.30. The van der Waals surface area contributed by atoms with Gasteiger partial charge in [-0.2, -0.15) is 0 Å². The second-order valence-corrected chi connectivity index (χ2v) is 5.94. The number of carbonyl (C=O) groups excluding carboxylic acids is 1. The number of hydrogen-bond donors (Lipinski definition) is 1. The standard InChI is InChI=1S/C14H17BrN2O2/c15-11-3-4-13(17-5-7-19-8-6-17)12(9-11)16-14(18)10-1-2-10/h3-4,9-10H,1-2,5-8H2,(H,16,18). The number of ether oxygens (including phenoxy) is 1. The lowest BCUT2D eigenvalue weighted by Gasteiger charge is -2.30. The maximum absolute atomic E-state index is 12.0. The van der Waals surface area contributed by atoms with Gasteiger partial charge < -0.3 is 15.0 Å². The van der Waals surface area contributed by atoms with Gasteiger partial charge in [0.1, 0.15) is 0 Å². The third kappa shape index (κ3) is 3.09. The van der Waals surface area contributed by atoms with Crippen LogP contribution >= 0.6 is 15.9 Å². The van der Waals surface area contributed by atoms with Crippen LogP contribution in [0, 0.1) is 5.92 Å². The normalized spacial score (nSPS) is 19.3. The molecule has 1 N–H and O–H groups in total. The Morgan fingerprint density at radius 2 is 2.05 bits per heavy atom. The van der Waals surface area contributed by atoms with Crippen molar-refractivity contribution in [2.24, 2.45) is 5.92 Å². The molecular weight excluding hydrogens is 308 g/mol. The van der Waals surface area contributed by atoms with Crippen LogP contribution in [0.4, 0.5) is 11.4 Å². The van der Waals surface area contributed by atoms with E-state index in [1.165, 1.54) is 0 Å². The highest BCUT2D eigenvalue weighted by Crippen LogP contribution is 2.34. The van der Waals surface area contributed by atoms with Crippen LogP contribution in [0.3, 0.4) is 0 Å². The maximum Gasteiger partial charge on any atom is 0.227 e. The molecule has 0 spiro atoms. The van der Waals surface area contributed by atoms with E-state index < -0.39 is 0 Å². The Morgan fingerprint density at radius 3 is 2.74 bits per heavy atom. The molecule has 1 aromatic rings. The smallest absolute Gasteiger partial charge is 0.227 e. The molecule has 0 bridgehead atoms. The van der Waals surface area contributed by atoms with E-state index in [0.29, 0.717) is 0 Å². The highest BCUT2D eigenvalue weighted by molar-refractivity contribution is 9.10. The van der Waals surface area contributed by atoms with Gasteiger partial charge in [0.05, 0.1) is 24.6 Å². The van der Waals surface area contributed by atoms with Crippen LogP contribution in [0.15, 0.2) is 22.7 Å². The summed E-state index contributed by atoms with van der Waals surface area (Å²) in [6.07, 6.45) is 2.04. The summed E-state index contributed by atoms with van der Waals surface area (Å²) in [6, 6.07) is 6.04. The van der Waals surface area contributed by atoms with Gasteiger partial charge in [0.2, 0.25) is 5.91 Å². The molecule has 2 fully saturated rings. The van der Waals surface area contributed by atoms with Gasteiger partial charge in [-0.3, -0.25) is 4.79 Å². The molecule has 0 radical (unpaired) electrons. The van der Waals surface area contributed by atoms with E-state index >= 15 is 0 Å². The van der Waals surface area contributed by atoms with Crippen molar-refractivity contribution in [2.75, 3.05) is 36.5 Å². The first-order valence-corrected chi connectivity index (χ1v) is 7.46. The topological polar surface area (TPSA) is 41.6 Å². The molecule has 1 saturated heterocycles. The molecule has 1 aliphatic carbocycles. The van der Waals surface area contributed by atoms with Gasteiger partial charge in [0.15, 0.2) is 0 Å². The Morgan fingerprint density at radius 1 is 1.32 bits per heavy atom. The van der Waals surface area contributed by atoms with Crippen molar-refractivity contribution < 1.29 is 9.53 Å². The lowest BCUT2D eigenvalue weighted by molar-refractivity contribution is -0.117. The van der Waals surface area contributed by atoms with Crippen molar-refractivity contribution in [2.45, 2.75) is 12.8 Å². The van der Waals surface area contributed by atoms with E-state index in [2.05, 4.69) is 32.2 Å². The van der Waals surface area contributed by atoms with Gasteiger partial charge in [0.25, 0.3) is 0 Å². The SMILES string of the molecule is O=C(Nc1cc(Br)ccc1N1CCOCC1)C1CC1. The Balaban J connectivity index is 1.82. The molecule has 0 aromatic heterocycles. The van der Waals surface area contributed by atoms with Gasteiger partial charge in [0, 0.05) is 23.5 Å². The molecule has 1 heterocycles. The second-order valence-electron chi connectivity index (χ2n) is 5.02. The third-order valence-corrected chi connectivity index (χ3v) is 4.01. The predicted octanol–water partition coefficient (Wildman–Crippen LogP) is 2.63. The first kappa shape index (κ1) is 12.9. The van der Waals surface area contributed by atoms with Gasteiger partial charge in [-0.25, -0.2) is 0 Å². The Bertz CT molecular complexity index is 482. The van der Waals surface area contributed by atoms with Crippen LogP contribution < -0.4 is 10.2 Å². The third-order valence-electron chi connectivity index (χ3n) is 3.52. The van der Waals surface area contributed by atoms with E-state index in [-0.39, 0.29) is 11.8 Å². The number of morpholine rings is 1. The molecule has 102 valence electrons. The molecule has 0 atom stereocenters. The molecule has 0 unspecified atom stereocenters. The summed E-state index contributed by atoms with van der Waals surface area (Å²) in [5.74, 6) is 0.365. The average Bonchev–Trinajstić information content (AvgIpc) is 3.24. The van der Waals surface area contributed by atoms with Crippen LogP contribution in [0.5, 0.6) is 0 Å². The number of hydrogen-bond acceptors (Lipinski definition) is 3. The number of carbonyl (C=O) groups is 1. The zero-order valence-electron chi connectivity index (χ0n) is 10.7. The predicted molar refractivity (Wildman–Crippen MR) is 78.5 cm³/mol. The Labute approximate surface area is 121 Å². The lowest BCUT2D eigenvalue weighted by atomic mass is 10.2. The van der Waals surface area contributed by atoms with Crippen molar-refractivity contribution in [3.05, 3.63) is 22.7 Å². The summed E-state index contributed by atoms with van der Waals surface area (Å²) in [6.45, 7) is 3.22. The molecule has 2 aliphatic rings. The summed E-state index contributed by atoms with van der Waals surface area (Å²) in [4.78, 5) is 14.2. The Hall–Kier alpha value is -1.07. The quantitative estimate of drug-likeness (QED) is 0.929. The zero-order valence-corrected chi connectivity index (χ0v) is 12.3. The van der Waals surface area contributed by atoms with Crippen molar-refractivity contribution in [1.82, 2.24) is 0 Å². The van der Waals surface area contributed by atoms with Crippen molar-refractivity contribution in [3.63, 3.8) is 0 Å². The van der Waals surface area contributed by atoms with Gasteiger partial charge in [-0.15, -0.1) is 0 Å². The molecule has 1 saturated carbocycles. The highest BCUT2D eigenvalue weighted by atomic mass is 79.9. The summed E-state index contributed by atoms with van der Waals surface area (Å²) >= 11 is 3.47. The average molecular weight is 325 g/mol. The number of anilines is 2. The first-order chi connectivity index (χ1) is 9.24. The minimum Gasteiger partial charge on any atom is -0.378 e. The lowest BCUT2D eigenvalue weighted by Crippen LogP contribution is -2.36.